The smallest absolute Gasteiger partial charge is 0.198 e. The number of fused-ring (bicyclic) bond motifs is 1. The molecule has 2 aromatic rings. The number of hydrogen-bond donors (Lipinski definition) is 2. The van der Waals surface area contributed by atoms with Gasteiger partial charge in [-0.15, -0.1) is 0 Å². The van der Waals surface area contributed by atoms with Crippen LogP contribution in [-0.2, 0) is 0 Å². The van der Waals surface area contributed by atoms with Crippen LogP contribution in [0.25, 0.3) is 10.9 Å². The van der Waals surface area contributed by atoms with Crippen molar-refractivity contribution in [1.29, 1.82) is 0 Å². The maximum Gasteiger partial charge on any atom is 0.198 e. The molecule has 4 aliphatic rings. The van der Waals surface area contributed by atoms with Crippen molar-refractivity contribution in [2.45, 2.75) is 51.5 Å². The van der Waals surface area contributed by atoms with Gasteiger partial charge in [0.25, 0.3) is 0 Å². The summed E-state index contributed by atoms with van der Waals surface area (Å²) in [5, 5.41) is 11.3. The Morgan fingerprint density at radius 3 is 2.42 bits per heavy atom. The molecule has 24 heavy (non-hydrogen) atoms. The summed E-state index contributed by atoms with van der Waals surface area (Å²) in [7, 11) is 0. The Bertz CT molecular complexity index is 768. The molecule has 1 atom stereocenters. The van der Waals surface area contributed by atoms with Gasteiger partial charge in [0.05, 0.1) is 11.6 Å². The van der Waals surface area contributed by atoms with Gasteiger partial charge in [-0.05, 0) is 74.7 Å². The third kappa shape index (κ3) is 2.13. The molecule has 4 fully saturated rings. The molecule has 0 aliphatic heterocycles. The van der Waals surface area contributed by atoms with E-state index in [1.54, 1.807) is 0 Å². The van der Waals surface area contributed by atoms with Gasteiger partial charge in [0, 0.05) is 17.1 Å². The number of aromatic hydroxyl groups is 1. The Hall–Kier alpha value is -1.77. The molecule has 3 nitrogen and oxygen atoms in total. The lowest BCUT2D eigenvalue weighted by molar-refractivity contribution is -0.0632. The molecule has 4 bridgehead atoms. The molecule has 4 saturated carbocycles. The first-order valence-corrected chi connectivity index (χ1v) is 9.46. The summed E-state index contributed by atoms with van der Waals surface area (Å²) in [6, 6.07) is 8.38. The van der Waals surface area contributed by atoms with Crippen molar-refractivity contribution >= 4 is 17.1 Å². The molecular weight excluding hydrogens is 296 g/mol. The largest absolute Gasteiger partial charge is 0.494 e. The molecule has 0 radical (unpaired) electrons. The second-order valence-electron chi connectivity index (χ2n) is 8.67. The van der Waals surface area contributed by atoms with Crippen molar-refractivity contribution in [1.82, 2.24) is 4.98 Å². The van der Waals surface area contributed by atoms with E-state index in [1.165, 1.54) is 38.5 Å². The van der Waals surface area contributed by atoms with Crippen LogP contribution in [0.4, 0.5) is 0 Å². The molecule has 3 heteroatoms. The third-order valence-corrected chi connectivity index (χ3v) is 7.12. The lowest BCUT2D eigenvalue weighted by Gasteiger charge is -2.58. The SMILES string of the molecule is C[C@H](N=Cc1c(O)[nH]c2ccccc12)C12CC3CC(CC(C3)C1)C2. The van der Waals surface area contributed by atoms with E-state index in [1.807, 2.05) is 30.5 Å². The van der Waals surface area contributed by atoms with E-state index in [2.05, 4.69) is 11.9 Å². The lowest BCUT2D eigenvalue weighted by atomic mass is 9.48. The van der Waals surface area contributed by atoms with Crippen LogP contribution in [0.3, 0.4) is 0 Å². The standard InChI is InChI=1S/C21H26N2O/c1-13(21-9-14-6-15(10-21)8-16(7-14)11-21)22-12-18-17-4-2-3-5-19(17)23-20(18)24/h2-5,12-16,23-24H,6-11H2,1H3/t13-,14?,15?,16?,21?/m0/s1. The average molecular weight is 322 g/mol. The summed E-state index contributed by atoms with van der Waals surface area (Å²) in [5.41, 5.74) is 2.23. The van der Waals surface area contributed by atoms with E-state index in [4.69, 9.17) is 4.99 Å². The normalized spacial score (nSPS) is 36.0. The molecule has 0 unspecified atom stereocenters. The van der Waals surface area contributed by atoms with E-state index in [0.717, 1.165) is 34.2 Å². The maximum atomic E-state index is 10.2. The molecule has 4 aliphatic carbocycles. The Kier molecular flexibility index (Phi) is 3.10. The van der Waals surface area contributed by atoms with E-state index < -0.39 is 0 Å². The highest BCUT2D eigenvalue weighted by atomic mass is 16.3. The lowest BCUT2D eigenvalue weighted by Crippen LogP contribution is -2.50. The molecule has 126 valence electrons. The molecule has 0 saturated heterocycles. The zero-order chi connectivity index (χ0) is 16.3. The zero-order valence-corrected chi connectivity index (χ0v) is 14.3. The first-order valence-electron chi connectivity index (χ1n) is 9.46. The van der Waals surface area contributed by atoms with Gasteiger partial charge in [-0.3, -0.25) is 4.99 Å². The van der Waals surface area contributed by atoms with Gasteiger partial charge in [0.2, 0.25) is 0 Å². The monoisotopic (exact) mass is 322 g/mol. The molecule has 2 N–H and O–H groups in total. The van der Waals surface area contributed by atoms with Crippen LogP contribution >= 0.6 is 0 Å². The van der Waals surface area contributed by atoms with Gasteiger partial charge in [0.1, 0.15) is 0 Å². The second kappa shape index (κ2) is 5.11. The minimum absolute atomic E-state index is 0.234. The average Bonchev–Trinajstić information content (AvgIpc) is 2.86. The molecule has 1 heterocycles. The minimum atomic E-state index is 0.234. The van der Waals surface area contributed by atoms with Crippen LogP contribution in [0.2, 0.25) is 0 Å². The van der Waals surface area contributed by atoms with E-state index in [0.29, 0.717) is 11.5 Å². The van der Waals surface area contributed by atoms with Crippen molar-refractivity contribution in [2.24, 2.45) is 28.2 Å². The number of aromatic amines is 1. The van der Waals surface area contributed by atoms with Gasteiger partial charge >= 0.3 is 0 Å². The Morgan fingerprint density at radius 2 is 1.75 bits per heavy atom. The molecule has 0 amide bonds. The number of benzene rings is 1. The number of nitrogens with one attached hydrogen (secondary N) is 1. The Labute approximate surface area is 143 Å². The highest BCUT2D eigenvalue weighted by Crippen LogP contribution is 2.61. The quantitative estimate of drug-likeness (QED) is 0.776. The van der Waals surface area contributed by atoms with Crippen LogP contribution < -0.4 is 0 Å². The van der Waals surface area contributed by atoms with Crippen molar-refractivity contribution in [3.8, 4) is 5.88 Å². The third-order valence-electron chi connectivity index (χ3n) is 7.12. The minimum Gasteiger partial charge on any atom is -0.494 e. The van der Waals surface area contributed by atoms with Crippen molar-refractivity contribution < 1.29 is 5.11 Å². The topological polar surface area (TPSA) is 48.4 Å². The predicted molar refractivity (Wildman–Crippen MR) is 97.6 cm³/mol. The fraction of sp³-hybridized carbons (Fsp3) is 0.571. The van der Waals surface area contributed by atoms with E-state index >= 15 is 0 Å². The predicted octanol–water partition coefficient (Wildman–Crippen LogP) is 4.90. The number of rotatable bonds is 3. The number of hydrogen-bond acceptors (Lipinski definition) is 2. The summed E-state index contributed by atoms with van der Waals surface area (Å²) in [4.78, 5) is 8.01. The summed E-state index contributed by atoms with van der Waals surface area (Å²) in [6.07, 6.45) is 10.4. The van der Waals surface area contributed by atoms with E-state index in [-0.39, 0.29) is 5.88 Å². The molecular formula is C21H26N2O. The molecule has 0 spiro atoms. The Morgan fingerprint density at radius 1 is 1.12 bits per heavy atom. The summed E-state index contributed by atoms with van der Waals surface area (Å²) >= 11 is 0. The van der Waals surface area contributed by atoms with Gasteiger partial charge in [-0.1, -0.05) is 18.2 Å². The number of aromatic nitrogens is 1. The van der Waals surface area contributed by atoms with Crippen molar-refractivity contribution in [3.63, 3.8) is 0 Å². The highest BCUT2D eigenvalue weighted by Gasteiger charge is 2.53. The zero-order valence-electron chi connectivity index (χ0n) is 14.3. The fourth-order valence-corrected chi connectivity index (χ4v) is 6.31. The van der Waals surface area contributed by atoms with Gasteiger partial charge in [-0.25, -0.2) is 0 Å². The second-order valence-corrected chi connectivity index (χ2v) is 8.67. The first kappa shape index (κ1) is 14.6. The maximum absolute atomic E-state index is 10.2. The van der Waals surface area contributed by atoms with Gasteiger partial charge in [0.15, 0.2) is 5.88 Å². The Balaban J connectivity index is 1.45. The number of para-hydroxylation sites is 1. The van der Waals surface area contributed by atoms with E-state index in [9.17, 15) is 5.11 Å². The fourth-order valence-electron chi connectivity index (χ4n) is 6.31. The van der Waals surface area contributed by atoms with Crippen molar-refractivity contribution in [2.75, 3.05) is 0 Å². The highest BCUT2D eigenvalue weighted by molar-refractivity contribution is 6.01. The summed E-state index contributed by atoms with van der Waals surface area (Å²) in [5.74, 6) is 3.10. The number of aliphatic imine (C=N–C) groups is 1. The summed E-state index contributed by atoms with van der Waals surface area (Å²) < 4.78 is 0. The molecule has 6 rings (SSSR count). The molecule has 1 aromatic heterocycles. The van der Waals surface area contributed by atoms with Crippen LogP contribution in [0.15, 0.2) is 29.3 Å². The number of H-pyrrole nitrogens is 1. The van der Waals surface area contributed by atoms with Crippen LogP contribution in [0.1, 0.15) is 51.0 Å². The van der Waals surface area contributed by atoms with Crippen LogP contribution in [0, 0.1) is 23.2 Å². The van der Waals surface area contributed by atoms with Crippen molar-refractivity contribution in [3.05, 3.63) is 29.8 Å². The van der Waals surface area contributed by atoms with Crippen LogP contribution in [0.5, 0.6) is 5.88 Å². The van der Waals surface area contributed by atoms with Gasteiger partial charge < -0.3 is 10.1 Å². The van der Waals surface area contributed by atoms with Gasteiger partial charge in [-0.2, -0.15) is 0 Å². The first-order chi connectivity index (χ1) is 11.6. The van der Waals surface area contributed by atoms with Crippen LogP contribution in [-0.4, -0.2) is 22.3 Å². The molecule has 1 aromatic carbocycles. The number of nitrogens with zero attached hydrogens (tertiary/aromatic N) is 1. The summed E-state index contributed by atoms with van der Waals surface area (Å²) in [6.45, 7) is 2.30.